The summed E-state index contributed by atoms with van der Waals surface area (Å²) in [5.74, 6) is 0.743. The van der Waals surface area contributed by atoms with E-state index in [0.717, 1.165) is 34.5 Å². The van der Waals surface area contributed by atoms with Gasteiger partial charge in [0, 0.05) is 41.3 Å². The molecule has 4 aromatic rings. The molecule has 0 aliphatic heterocycles. The molecule has 0 aliphatic rings. The van der Waals surface area contributed by atoms with Crippen LogP contribution in [0.1, 0.15) is 42.9 Å². The number of para-hydroxylation sites is 2. The van der Waals surface area contributed by atoms with Gasteiger partial charge in [0.15, 0.2) is 0 Å². The first-order valence-corrected chi connectivity index (χ1v) is 11.9. The fraction of sp³-hybridized carbons (Fsp3) is 0.269. The molecule has 0 saturated carbocycles. The van der Waals surface area contributed by atoms with Crippen LogP contribution in [0.5, 0.6) is 0 Å². The predicted octanol–water partition coefficient (Wildman–Crippen LogP) is 6.03. The summed E-state index contributed by atoms with van der Waals surface area (Å²) in [7, 11) is 0. The highest BCUT2D eigenvalue weighted by atomic mass is 35.5. The number of carbonyl (C=O) groups excluding carboxylic acids is 1. The van der Waals surface area contributed by atoms with Crippen LogP contribution >= 0.6 is 23.2 Å². The fourth-order valence-corrected chi connectivity index (χ4v) is 4.59. The number of hydrogen-bond acceptors (Lipinski definition) is 3. The Kier molecular flexibility index (Phi) is 7.63. The van der Waals surface area contributed by atoms with Crippen LogP contribution in [0.3, 0.4) is 0 Å². The first-order valence-electron chi connectivity index (χ1n) is 11.1. The minimum absolute atomic E-state index is 0.0255. The number of benzene rings is 2. The third-order valence-electron chi connectivity index (χ3n) is 5.65. The summed E-state index contributed by atoms with van der Waals surface area (Å²) >= 11 is 12.9. The Hall–Kier alpha value is -2.89. The quantitative estimate of drug-likeness (QED) is 0.318. The summed E-state index contributed by atoms with van der Waals surface area (Å²) in [4.78, 5) is 22.6. The second kappa shape index (κ2) is 10.8. The number of rotatable bonds is 9. The SMILES string of the molecule is CCC[C@H](C(=O)NCCc1ccccn1)n1c(Cc2c(Cl)cccc2Cl)nc2ccccc21. The van der Waals surface area contributed by atoms with Crippen molar-refractivity contribution in [2.24, 2.45) is 0 Å². The van der Waals surface area contributed by atoms with Crippen molar-refractivity contribution in [3.05, 3.63) is 94.0 Å². The minimum Gasteiger partial charge on any atom is -0.354 e. The van der Waals surface area contributed by atoms with Gasteiger partial charge in [-0.2, -0.15) is 0 Å². The molecule has 33 heavy (non-hydrogen) atoms. The van der Waals surface area contributed by atoms with Gasteiger partial charge in [0.05, 0.1) is 11.0 Å². The number of aromatic nitrogens is 3. The average Bonchev–Trinajstić information content (AvgIpc) is 3.18. The number of pyridine rings is 1. The number of carbonyl (C=O) groups is 1. The lowest BCUT2D eigenvalue weighted by atomic mass is 10.1. The van der Waals surface area contributed by atoms with Crippen molar-refractivity contribution in [2.45, 2.75) is 38.6 Å². The molecule has 0 unspecified atom stereocenters. The highest BCUT2D eigenvalue weighted by Crippen LogP contribution is 2.30. The van der Waals surface area contributed by atoms with Gasteiger partial charge in [-0.25, -0.2) is 4.98 Å². The molecule has 5 nitrogen and oxygen atoms in total. The van der Waals surface area contributed by atoms with Crippen molar-refractivity contribution >= 4 is 40.1 Å². The Balaban J connectivity index is 1.65. The van der Waals surface area contributed by atoms with Gasteiger partial charge in [-0.1, -0.05) is 60.8 Å². The molecule has 1 N–H and O–H groups in total. The average molecular weight is 481 g/mol. The molecule has 2 heterocycles. The summed E-state index contributed by atoms with van der Waals surface area (Å²) in [5, 5.41) is 4.28. The molecular formula is C26H26Cl2N4O. The minimum atomic E-state index is -0.387. The Labute approximate surface area is 203 Å². The zero-order chi connectivity index (χ0) is 23.2. The topological polar surface area (TPSA) is 59.8 Å². The Bertz CT molecular complexity index is 1220. The van der Waals surface area contributed by atoms with Gasteiger partial charge < -0.3 is 9.88 Å². The second-order valence-electron chi connectivity index (χ2n) is 7.93. The maximum atomic E-state index is 13.4. The number of nitrogens with one attached hydrogen (secondary N) is 1. The van der Waals surface area contributed by atoms with Crippen molar-refractivity contribution in [1.82, 2.24) is 19.9 Å². The van der Waals surface area contributed by atoms with E-state index in [4.69, 9.17) is 28.2 Å². The van der Waals surface area contributed by atoms with Crippen molar-refractivity contribution in [2.75, 3.05) is 6.54 Å². The molecule has 0 saturated heterocycles. The number of amides is 1. The molecule has 7 heteroatoms. The molecule has 0 spiro atoms. The highest BCUT2D eigenvalue weighted by molar-refractivity contribution is 6.36. The highest BCUT2D eigenvalue weighted by Gasteiger charge is 2.25. The van der Waals surface area contributed by atoms with E-state index in [9.17, 15) is 4.79 Å². The lowest BCUT2D eigenvalue weighted by molar-refractivity contribution is -0.124. The maximum absolute atomic E-state index is 13.4. The summed E-state index contributed by atoms with van der Waals surface area (Å²) < 4.78 is 2.05. The molecule has 170 valence electrons. The third kappa shape index (κ3) is 5.37. The standard InChI is InChI=1S/C26H26Cl2N4O/c1-2-8-24(26(33)30-16-14-18-9-5-6-15-29-18)32-23-13-4-3-12-22(23)31-25(32)17-19-20(27)10-7-11-21(19)28/h3-7,9-13,15,24H,2,8,14,16-17H2,1H3,(H,30,33)/t24-/m1/s1. The number of halogens is 2. The van der Waals surface area contributed by atoms with Crippen LogP contribution in [0.4, 0.5) is 0 Å². The number of hydrogen-bond donors (Lipinski definition) is 1. The van der Waals surface area contributed by atoms with Crippen LogP contribution in [0.2, 0.25) is 10.0 Å². The summed E-state index contributed by atoms with van der Waals surface area (Å²) in [6, 6.07) is 18.8. The van der Waals surface area contributed by atoms with Gasteiger partial charge in [0.25, 0.3) is 0 Å². The first-order chi connectivity index (χ1) is 16.1. The van der Waals surface area contributed by atoms with E-state index < -0.39 is 0 Å². The van der Waals surface area contributed by atoms with Crippen molar-refractivity contribution in [3.8, 4) is 0 Å². The molecule has 0 radical (unpaired) electrons. The molecule has 0 fully saturated rings. The number of imidazole rings is 1. The van der Waals surface area contributed by atoms with E-state index >= 15 is 0 Å². The lowest BCUT2D eigenvalue weighted by Crippen LogP contribution is -2.34. The number of fused-ring (bicyclic) bond motifs is 1. The molecule has 2 aromatic heterocycles. The van der Waals surface area contributed by atoms with Gasteiger partial charge in [-0.15, -0.1) is 0 Å². The molecule has 0 bridgehead atoms. The van der Waals surface area contributed by atoms with E-state index in [0.29, 0.717) is 35.9 Å². The second-order valence-corrected chi connectivity index (χ2v) is 8.74. The molecule has 0 aliphatic carbocycles. The molecular weight excluding hydrogens is 455 g/mol. The zero-order valence-corrected chi connectivity index (χ0v) is 20.0. The van der Waals surface area contributed by atoms with E-state index in [1.165, 1.54) is 0 Å². The van der Waals surface area contributed by atoms with Crippen molar-refractivity contribution in [3.63, 3.8) is 0 Å². The Morgan fingerprint density at radius 2 is 1.79 bits per heavy atom. The normalized spacial score (nSPS) is 12.1. The van der Waals surface area contributed by atoms with E-state index in [1.807, 2.05) is 60.7 Å². The van der Waals surface area contributed by atoms with Crippen LogP contribution in [0.15, 0.2) is 66.9 Å². The molecule has 1 atom stereocenters. The Morgan fingerprint density at radius 1 is 1.03 bits per heavy atom. The van der Waals surface area contributed by atoms with Crippen LogP contribution in [-0.4, -0.2) is 27.0 Å². The number of nitrogens with zero attached hydrogens (tertiary/aromatic N) is 3. The zero-order valence-electron chi connectivity index (χ0n) is 18.5. The summed E-state index contributed by atoms with van der Waals surface area (Å²) in [6.07, 6.45) is 4.43. The predicted molar refractivity (Wildman–Crippen MR) is 134 cm³/mol. The maximum Gasteiger partial charge on any atom is 0.243 e. The Morgan fingerprint density at radius 3 is 2.52 bits per heavy atom. The van der Waals surface area contributed by atoms with Crippen LogP contribution in [0.25, 0.3) is 11.0 Å². The molecule has 2 aromatic carbocycles. The molecule has 4 rings (SSSR count). The van der Waals surface area contributed by atoms with E-state index in [1.54, 1.807) is 6.20 Å². The van der Waals surface area contributed by atoms with Gasteiger partial charge in [-0.3, -0.25) is 9.78 Å². The van der Waals surface area contributed by atoms with Gasteiger partial charge in [0.1, 0.15) is 11.9 Å². The first kappa shape index (κ1) is 23.3. The van der Waals surface area contributed by atoms with E-state index in [-0.39, 0.29) is 11.9 Å². The fourth-order valence-electron chi connectivity index (χ4n) is 4.05. The van der Waals surface area contributed by atoms with Crippen LogP contribution < -0.4 is 5.32 Å². The largest absolute Gasteiger partial charge is 0.354 e. The lowest BCUT2D eigenvalue weighted by Gasteiger charge is -2.21. The van der Waals surface area contributed by atoms with Gasteiger partial charge in [0.2, 0.25) is 5.91 Å². The smallest absolute Gasteiger partial charge is 0.243 e. The third-order valence-corrected chi connectivity index (χ3v) is 6.36. The van der Waals surface area contributed by atoms with Crippen LogP contribution in [0, 0.1) is 0 Å². The van der Waals surface area contributed by atoms with E-state index in [2.05, 4.69) is 21.8 Å². The van der Waals surface area contributed by atoms with Gasteiger partial charge in [-0.05, 0) is 48.4 Å². The molecule has 1 amide bonds. The monoisotopic (exact) mass is 480 g/mol. The van der Waals surface area contributed by atoms with Crippen LogP contribution in [-0.2, 0) is 17.6 Å². The van der Waals surface area contributed by atoms with Gasteiger partial charge >= 0.3 is 0 Å². The summed E-state index contributed by atoms with van der Waals surface area (Å²) in [5.41, 5.74) is 3.53. The summed E-state index contributed by atoms with van der Waals surface area (Å²) in [6.45, 7) is 2.60. The van der Waals surface area contributed by atoms with Crippen molar-refractivity contribution in [1.29, 1.82) is 0 Å². The van der Waals surface area contributed by atoms with Crippen molar-refractivity contribution < 1.29 is 4.79 Å².